The Kier molecular flexibility index (Phi) is 7.78. The monoisotopic (exact) mass is 664 g/mol. The lowest BCUT2D eigenvalue weighted by Gasteiger charge is -2.31. The Morgan fingerprint density at radius 2 is 1.85 bits per heavy atom. The van der Waals surface area contributed by atoms with Crippen molar-refractivity contribution in [1.82, 2.24) is 30.7 Å². The Balaban J connectivity index is 1.38. The van der Waals surface area contributed by atoms with Crippen LogP contribution in [0.25, 0.3) is 22.2 Å². The van der Waals surface area contributed by atoms with Crippen LogP contribution in [-0.4, -0.2) is 67.5 Å². The summed E-state index contributed by atoms with van der Waals surface area (Å²) in [5.41, 5.74) is -0.815. The minimum absolute atomic E-state index is 0.0103. The van der Waals surface area contributed by atoms with Crippen LogP contribution in [0, 0.1) is 5.82 Å². The highest BCUT2D eigenvalue weighted by atomic mass is 19.4. The normalized spacial score (nSPS) is 16.9. The summed E-state index contributed by atoms with van der Waals surface area (Å²) in [5.74, 6) is -3.33. The third-order valence-corrected chi connectivity index (χ3v) is 8.01. The molecule has 5 aromatic rings. The highest BCUT2D eigenvalue weighted by Crippen LogP contribution is 2.47. The fraction of sp³-hybridized carbons (Fsp3) is 0.194. The molecule has 0 fully saturated rings. The number of nitrogens with one attached hydrogen (secondary N) is 3. The second-order valence-corrected chi connectivity index (χ2v) is 11.2. The number of rotatable bonds is 8. The highest BCUT2D eigenvalue weighted by Gasteiger charge is 2.57. The summed E-state index contributed by atoms with van der Waals surface area (Å²) in [7, 11) is 0. The first kappa shape index (κ1) is 32.0. The quantitative estimate of drug-likeness (QED) is 0.155. The minimum Gasteiger partial charge on any atom is -0.489 e. The average molecular weight is 665 g/mol. The van der Waals surface area contributed by atoms with Crippen LogP contribution < -0.4 is 21.1 Å². The van der Waals surface area contributed by atoms with Crippen molar-refractivity contribution in [2.75, 3.05) is 18.5 Å². The predicted octanol–water partition coefficient (Wildman–Crippen LogP) is 3.12. The standard InChI is InChI=1S/C31H24F4N8O5/c1-29(28(36)46)14-48-25-19(29)11-22(41-24(25)15-4-6-18(32)7-5-15)30(47,31(33,34)35)13-38-26(44)17-9-16-3-2-8-37-23(16)20(10-17)40-27(45)21-12-39-43-42-21/h2-12,47H,13-14H2,1H3,(H2,36,46)(H,38,44)(H,40,45)(H,39,42,43)/t29-,30?/m0/s1. The number of fused-ring (bicyclic) bond motifs is 2. The van der Waals surface area contributed by atoms with Crippen LogP contribution in [0.4, 0.5) is 23.2 Å². The molecule has 1 unspecified atom stereocenters. The summed E-state index contributed by atoms with van der Waals surface area (Å²) in [6, 6.07) is 11.1. The fourth-order valence-corrected chi connectivity index (χ4v) is 5.16. The molecule has 0 saturated heterocycles. The summed E-state index contributed by atoms with van der Waals surface area (Å²) in [5, 5.41) is 25.8. The molecule has 0 bridgehead atoms. The molecule has 0 radical (unpaired) electrons. The van der Waals surface area contributed by atoms with Gasteiger partial charge in [-0.3, -0.25) is 24.5 Å². The lowest BCUT2D eigenvalue weighted by atomic mass is 9.81. The van der Waals surface area contributed by atoms with E-state index < -0.39 is 53.0 Å². The average Bonchev–Trinajstić information content (AvgIpc) is 3.72. The van der Waals surface area contributed by atoms with Crippen molar-refractivity contribution in [2.24, 2.45) is 5.73 Å². The van der Waals surface area contributed by atoms with E-state index in [1.807, 2.05) is 0 Å². The molecule has 1 aliphatic rings. The minimum atomic E-state index is -5.42. The number of hydrogen-bond donors (Lipinski definition) is 5. The second kappa shape index (κ2) is 11.7. The van der Waals surface area contributed by atoms with Gasteiger partial charge in [-0.25, -0.2) is 9.37 Å². The summed E-state index contributed by atoms with van der Waals surface area (Å²) in [6.45, 7) is -0.392. The number of carbonyl (C=O) groups is 3. The first-order chi connectivity index (χ1) is 22.7. The van der Waals surface area contributed by atoms with Crippen LogP contribution in [0.1, 0.15) is 39.0 Å². The number of nitrogens with zero attached hydrogens (tertiary/aromatic N) is 4. The number of halogens is 4. The maximum absolute atomic E-state index is 14.8. The van der Waals surface area contributed by atoms with Gasteiger partial charge in [0.15, 0.2) is 0 Å². The van der Waals surface area contributed by atoms with Crippen molar-refractivity contribution in [1.29, 1.82) is 0 Å². The number of aromatic amines is 1. The molecule has 6 rings (SSSR count). The van der Waals surface area contributed by atoms with E-state index in [2.05, 4.69) is 36.0 Å². The molecule has 0 saturated carbocycles. The number of aromatic nitrogens is 5. The number of aliphatic hydroxyl groups is 1. The van der Waals surface area contributed by atoms with E-state index in [9.17, 15) is 37.1 Å². The molecular weight excluding hydrogens is 640 g/mol. The van der Waals surface area contributed by atoms with E-state index in [1.165, 1.54) is 37.4 Å². The van der Waals surface area contributed by atoms with Gasteiger partial charge in [0.1, 0.15) is 35.0 Å². The Morgan fingerprint density at radius 3 is 2.52 bits per heavy atom. The van der Waals surface area contributed by atoms with Crippen molar-refractivity contribution >= 4 is 34.3 Å². The van der Waals surface area contributed by atoms with E-state index in [4.69, 9.17) is 10.5 Å². The third kappa shape index (κ3) is 5.53. The molecule has 4 heterocycles. The molecule has 48 heavy (non-hydrogen) atoms. The van der Waals surface area contributed by atoms with Crippen LogP contribution in [0.15, 0.2) is 67.0 Å². The number of ether oxygens (including phenoxy) is 1. The van der Waals surface area contributed by atoms with Gasteiger partial charge in [-0.1, -0.05) is 11.3 Å². The van der Waals surface area contributed by atoms with E-state index in [0.717, 1.165) is 24.4 Å². The second-order valence-electron chi connectivity index (χ2n) is 11.2. The largest absolute Gasteiger partial charge is 0.489 e. The number of H-pyrrole nitrogens is 1. The summed E-state index contributed by atoms with van der Waals surface area (Å²) >= 11 is 0. The van der Waals surface area contributed by atoms with E-state index in [0.29, 0.717) is 5.39 Å². The molecule has 3 aromatic heterocycles. The molecule has 2 atom stereocenters. The topological polar surface area (TPSA) is 198 Å². The van der Waals surface area contributed by atoms with Crippen LogP contribution in [0.3, 0.4) is 0 Å². The van der Waals surface area contributed by atoms with E-state index >= 15 is 0 Å². The zero-order valence-corrected chi connectivity index (χ0v) is 24.7. The molecular formula is C31H24F4N8O5. The molecule has 1 aliphatic heterocycles. The number of carbonyl (C=O) groups excluding carboxylic acids is 3. The van der Waals surface area contributed by atoms with E-state index in [-0.39, 0.29) is 51.6 Å². The lowest BCUT2D eigenvalue weighted by molar-refractivity contribution is -0.265. The van der Waals surface area contributed by atoms with Crippen molar-refractivity contribution in [2.45, 2.75) is 24.1 Å². The SMILES string of the molecule is C[C@]1(C(N)=O)COc2c1cc(C(O)(CNC(=O)c1cc(NC(=O)c3cnn[nH]3)c3ncccc3c1)C(F)(F)F)nc2-c1ccc(F)cc1. The van der Waals surface area contributed by atoms with Crippen LogP contribution in [-0.2, 0) is 15.8 Å². The van der Waals surface area contributed by atoms with Crippen molar-refractivity contribution in [3.05, 3.63) is 95.3 Å². The molecule has 3 amide bonds. The third-order valence-electron chi connectivity index (χ3n) is 8.01. The fourth-order valence-electron chi connectivity index (χ4n) is 5.16. The van der Waals surface area contributed by atoms with Crippen LogP contribution in [0.5, 0.6) is 5.75 Å². The van der Waals surface area contributed by atoms with Gasteiger partial charge in [-0.05, 0) is 55.5 Å². The molecule has 0 spiro atoms. The first-order valence-electron chi connectivity index (χ1n) is 14.1. The Morgan fingerprint density at radius 1 is 1.10 bits per heavy atom. The number of nitrogens with two attached hydrogens (primary N) is 1. The predicted molar refractivity (Wildman–Crippen MR) is 160 cm³/mol. The number of primary amides is 1. The Hall–Kier alpha value is -5.97. The van der Waals surface area contributed by atoms with Gasteiger partial charge < -0.3 is 26.2 Å². The zero-order valence-electron chi connectivity index (χ0n) is 24.7. The van der Waals surface area contributed by atoms with Crippen molar-refractivity contribution in [3.8, 4) is 17.0 Å². The number of hydrogen-bond acceptors (Lipinski definition) is 9. The zero-order chi connectivity index (χ0) is 34.4. The lowest BCUT2D eigenvalue weighted by Crippen LogP contribution is -2.51. The smallest absolute Gasteiger partial charge is 0.424 e. The number of amides is 3. The van der Waals surface area contributed by atoms with Gasteiger partial charge in [0, 0.05) is 28.3 Å². The molecule has 246 valence electrons. The highest BCUT2D eigenvalue weighted by molar-refractivity contribution is 6.09. The molecule has 2 aromatic carbocycles. The van der Waals surface area contributed by atoms with Gasteiger partial charge >= 0.3 is 6.18 Å². The van der Waals surface area contributed by atoms with Crippen molar-refractivity contribution < 1.29 is 41.8 Å². The number of benzene rings is 2. The molecule has 0 aliphatic carbocycles. The summed E-state index contributed by atoms with van der Waals surface area (Å²) < 4.78 is 63.8. The summed E-state index contributed by atoms with van der Waals surface area (Å²) in [4.78, 5) is 46.8. The van der Waals surface area contributed by atoms with Crippen molar-refractivity contribution in [3.63, 3.8) is 0 Å². The maximum Gasteiger partial charge on any atom is 0.424 e. The van der Waals surface area contributed by atoms with Gasteiger partial charge in [-0.15, -0.1) is 5.10 Å². The maximum atomic E-state index is 14.8. The van der Waals surface area contributed by atoms with Gasteiger partial charge in [0.2, 0.25) is 11.5 Å². The number of pyridine rings is 2. The van der Waals surface area contributed by atoms with Gasteiger partial charge in [0.25, 0.3) is 11.8 Å². The van der Waals surface area contributed by atoms with Crippen LogP contribution >= 0.6 is 0 Å². The van der Waals surface area contributed by atoms with Gasteiger partial charge in [-0.2, -0.15) is 13.2 Å². The van der Waals surface area contributed by atoms with E-state index in [1.54, 1.807) is 12.1 Å². The van der Waals surface area contributed by atoms with Gasteiger partial charge in [0.05, 0.1) is 29.6 Å². The Labute approximate surface area is 267 Å². The van der Waals surface area contributed by atoms with Crippen LogP contribution in [0.2, 0.25) is 0 Å². The molecule has 13 nitrogen and oxygen atoms in total. The molecule has 17 heteroatoms. The molecule has 6 N–H and O–H groups in total. The summed E-state index contributed by atoms with van der Waals surface area (Å²) in [6.07, 6.45) is -2.82. The number of alkyl halides is 3. The number of anilines is 1. The first-order valence-corrected chi connectivity index (χ1v) is 14.1. The Bertz CT molecular complexity index is 2070.